The van der Waals surface area contributed by atoms with E-state index in [4.69, 9.17) is 4.52 Å². The summed E-state index contributed by atoms with van der Waals surface area (Å²) in [5.74, 6) is 1.54. The fourth-order valence-corrected chi connectivity index (χ4v) is 1.70. The molecule has 0 amide bonds. The summed E-state index contributed by atoms with van der Waals surface area (Å²) in [5.41, 5.74) is 1.11. The molecule has 2 rings (SSSR count). The van der Waals surface area contributed by atoms with E-state index >= 15 is 0 Å². The van der Waals surface area contributed by atoms with Crippen molar-refractivity contribution in [1.29, 1.82) is 0 Å². The Labute approximate surface area is 107 Å². The lowest BCUT2D eigenvalue weighted by Gasteiger charge is -2.02. The Kier molecular flexibility index (Phi) is 4.76. The smallest absolute Gasteiger partial charge is 0.228 e. The maximum absolute atomic E-state index is 5.20. The molecule has 0 unspecified atom stereocenters. The summed E-state index contributed by atoms with van der Waals surface area (Å²) in [6, 6.07) is 10.1. The lowest BCUT2D eigenvalue weighted by atomic mass is 10.2. The van der Waals surface area contributed by atoms with Gasteiger partial charge in [-0.25, -0.2) is 0 Å². The van der Waals surface area contributed by atoms with E-state index in [2.05, 4.69) is 22.4 Å². The third-order valence-corrected chi connectivity index (χ3v) is 2.71. The number of nitrogens with zero attached hydrogens (tertiary/aromatic N) is 2. The van der Waals surface area contributed by atoms with Crippen molar-refractivity contribution in [3.8, 4) is 0 Å². The first-order valence-corrected chi connectivity index (χ1v) is 6.49. The summed E-state index contributed by atoms with van der Waals surface area (Å²) in [6.07, 6.45) is 3.93. The fourth-order valence-electron chi connectivity index (χ4n) is 1.70. The van der Waals surface area contributed by atoms with Crippen molar-refractivity contribution in [3.63, 3.8) is 0 Å². The van der Waals surface area contributed by atoms with Crippen LogP contribution in [0.2, 0.25) is 0 Å². The molecule has 0 saturated heterocycles. The number of aromatic nitrogens is 2. The van der Waals surface area contributed by atoms with E-state index in [0.717, 1.165) is 43.7 Å². The van der Waals surface area contributed by atoms with E-state index < -0.39 is 0 Å². The highest BCUT2D eigenvalue weighted by molar-refractivity contribution is 5.42. The van der Waals surface area contributed by atoms with Crippen LogP contribution >= 0.6 is 0 Å². The molecule has 0 spiro atoms. The first-order valence-electron chi connectivity index (χ1n) is 6.49. The minimum atomic E-state index is 0.713. The van der Waals surface area contributed by atoms with Crippen LogP contribution < -0.4 is 5.32 Å². The standard InChI is InChI=1S/C14H19N3O/c1-2-3-9-13-16-14(18-17-13)10-11-15-12-7-5-4-6-8-12/h4-8,15H,2-3,9-11H2,1H3. The van der Waals surface area contributed by atoms with Gasteiger partial charge in [-0.3, -0.25) is 0 Å². The number of unbranched alkanes of at least 4 members (excludes halogenated alkanes) is 1. The molecular formula is C14H19N3O. The normalized spacial score (nSPS) is 10.5. The monoisotopic (exact) mass is 245 g/mol. The van der Waals surface area contributed by atoms with Gasteiger partial charge in [0.05, 0.1) is 0 Å². The van der Waals surface area contributed by atoms with Crippen molar-refractivity contribution in [2.45, 2.75) is 32.6 Å². The molecule has 0 fully saturated rings. The maximum Gasteiger partial charge on any atom is 0.228 e. The van der Waals surface area contributed by atoms with E-state index in [9.17, 15) is 0 Å². The molecule has 1 aromatic carbocycles. The molecule has 0 bridgehead atoms. The first kappa shape index (κ1) is 12.6. The molecule has 0 aliphatic rings. The largest absolute Gasteiger partial charge is 0.385 e. The molecule has 2 aromatic rings. The number of hydrogen-bond donors (Lipinski definition) is 1. The number of anilines is 1. The molecule has 0 atom stereocenters. The average Bonchev–Trinajstić information content (AvgIpc) is 2.85. The highest BCUT2D eigenvalue weighted by atomic mass is 16.5. The van der Waals surface area contributed by atoms with Gasteiger partial charge in [0.15, 0.2) is 5.82 Å². The summed E-state index contributed by atoms with van der Waals surface area (Å²) < 4.78 is 5.20. The zero-order valence-corrected chi connectivity index (χ0v) is 10.7. The van der Waals surface area contributed by atoms with Gasteiger partial charge in [0.1, 0.15) is 0 Å². The first-order chi connectivity index (χ1) is 8.88. The number of benzene rings is 1. The predicted molar refractivity (Wildman–Crippen MR) is 71.5 cm³/mol. The van der Waals surface area contributed by atoms with Crippen molar-refractivity contribution < 1.29 is 4.52 Å². The molecule has 18 heavy (non-hydrogen) atoms. The van der Waals surface area contributed by atoms with Gasteiger partial charge < -0.3 is 9.84 Å². The topological polar surface area (TPSA) is 51.0 Å². The number of aryl methyl sites for hydroxylation is 1. The van der Waals surface area contributed by atoms with Gasteiger partial charge in [-0.05, 0) is 18.6 Å². The molecular weight excluding hydrogens is 226 g/mol. The average molecular weight is 245 g/mol. The minimum absolute atomic E-state index is 0.713. The summed E-state index contributed by atoms with van der Waals surface area (Å²) >= 11 is 0. The number of nitrogens with one attached hydrogen (secondary N) is 1. The van der Waals surface area contributed by atoms with Crippen molar-refractivity contribution in [1.82, 2.24) is 10.1 Å². The van der Waals surface area contributed by atoms with Crippen molar-refractivity contribution in [2.24, 2.45) is 0 Å². The van der Waals surface area contributed by atoms with Crippen molar-refractivity contribution >= 4 is 5.69 Å². The lowest BCUT2D eigenvalue weighted by molar-refractivity contribution is 0.374. The predicted octanol–water partition coefficient (Wildman–Crippen LogP) is 3.07. The van der Waals surface area contributed by atoms with Crippen LogP contribution in [0.5, 0.6) is 0 Å². The second-order valence-corrected chi connectivity index (χ2v) is 4.25. The van der Waals surface area contributed by atoms with Gasteiger partial charge >= 0.3 is 0 Å². The van der Waals surface area contributed by atoms with Crippen LogP contribution in [-0.4, -0.2) is 16.7 Å². The second kappa shape index (κ2) is 6.79. The van der Waals surface area contributed by atoms with Crippen LogP contribution in [0.1, 0.15) is 31.5 Å². The Morgan fingerprint density at radius 1 is 1.17 bits per heavy atom. The third-order valence-electron chi connectivity index (χ3n) is 2.71. The zero-order valence-electron chi connectivity index (χ0n) is 10.7. The molecule has 1 heterocycles. The van der Waals surface area contributed by atoms with E-state index in [1.807, 2.05) is 30.3 Å². The Balaban J connectivity index is 1.75. The summed E-state index contributed by atoms with van der Waals surface area (Å²) in [5, 5.41) is 7.28. The van der Waals surface area contributed by atoms with Crippen LogP contribution in [0.4, 0.5) is 5.69 Å². The van der Waals surface area contributed by atoms with E-state index in [1.165, 1.54) is 0 Å². The minimum Gasteiger partial charge on any atom is -0.385 e. The van der Waals surface area contributed by atoms with Gasteiger partial charge in [-0.1, -0.05) is 36.7 Å². The molecule has 4 heteroatoms. The van der Waals surface area contributed by atoms with Crippen molar-refractivity contribution in [3.05, 3.63) is 42.0 Å². The molecule has 1 aromatic heterocycles. The second-order valence-electron chi connectivity index (χ2n) is 4.25. The molecule has 0 aliphatic carbocycles. The summed E-state index contributed by atoms with van der Waals surface area (Å²) in [7, 11) is 0. The van der Waals surface area contributed by atoms with Crippen molar-refractivity contribution in [2.75, 3.05) is 11.9 Å². The highest BCUT2D eigenvalue weighted by Gasteiger charge is 2.05. The van der Waals surface area contributed by atoms with Gasteiger partial charge in [-0.15, -0.1) is 0 Å². The maximum atomic E-state index is 5.20. The molecule has 4 nitrogen and oxygen atoms in total. The van der Waals surface area contributed by atoms with E-state index in [1.54, 1.807) is 0 Å². The Morgan fingerprint density at radius 2 is 2.00 bits per heavy atom. The van der Waals surface area contributed by atoms with Crippen LogP contribution in [0.3, 0.4) is 0 Å². The molecule has 0 saturated carbocycles. The SMILES string of the molecule is CCCCc1noc(CCNc2ccccc2)n1. The molecule has 1 N–H and O–H groups in total. The zero-order chi connectivity index (χ0) is 12.6. The van der Waals surface area contributed by atoms with E-state index in [-0.39, 0.29) is 0 Å². The Hall–Kier alpha value is -1.84. The summed E-state index contributed by atoms with van der Waals surface area (Å²) in [6.45, 7) is 2.96. The highest BCUT2D eigenvalue weighted by Crippen LogP contribution is 2.06. The Morgan fingerprint density at radius 3 is 2.78 bits per heavy atom. The lowest BCUT2D eigenvalue weighted by Crippen LogP contribution is -2.04. The van der Waals surface area contributed by atoms with Crippen LogP contribution in [-0.2, 0) is 12.8 Å². The number of para-hydroxylation sites is 1. The molecule has 0 radical (unpaired) electrons. The number of rotatable bonds is 7. The third kappa shape index (κ3) is 3.87. The van der Waals surface area contributed by atoms with Crippen LogP contribution in [0.25, 0.3) is 0 Å². The fraction of sp³-hybridized carbons (Fsp3) is 0.429. The quantitative estimate of drug-likeness (QED) is 0.814. The molecule has 96 valence electrons. The Bertz CT molecular complexity index is 453. The summed E-state index contributed by atoms with van der Waals surface area (Å²) in [4.78, 5) is 4.36. The van der Waals surface area contributed by atoms with Gasteiger partial charge in [0.2, 0.25) is 5.89 Å². The van der Waals surface area contributed by atoms with Gasteiger partial charge in [0.25, 0.3) is 0 Å². The van der Waals surface area contributed by atoms with Crippen LogP contribution in [0, 0.1) is 0 Å². The van der Waals surface area contributed by atoms with E-state index in [0.29, 0.717) is 5.89 Å². The number of hydrogen-bond acceptors (Lipinski definition) is 4. The van der Waals surface area contributed by atoms with Gasteiger partial charge in [0, 0.05) is 25.1 Å². The molecule has 0 aliphatic heterocycles. The van der Waals surface area contributed by atoms with Gasteiger partial charge in [-0.2, -0.15) is 4.98 Å². The van der Waals surface area contributed by atoms with Crippen LogP contribution in [0.15, 0.2) is 34.9 Å².